The fourth-order valence-corrected chi connectivity index (χ4v) is 3.23. The van der Waals surface area contributed by atoms with Crippen molar-refractivity contribution in [3.8, 4) is 17.3 Å². The Labute approximate surface area is 173 Å². The zero-order valence-corrected chi connectivity index (χ0v) is 17.3. The fraction of sp³-hybridized carbons (Fsp3) is 0.238. The first-order valence-corrected chi connectivity index (χ1v) is 9.55. The Morgan fingerprint density at radius 1 is 0.900 bits per heavy atom. The number of amides is 1. The maximum atomic E-state index is 12.8. The highest BCUT2D eigenvalue weighted by atomic mass is 16.2. The normalized spacial score (nSPS) is 10.9. The van der Waals surface area contributed by atoms with Crippen molar-refractivity contribution in [3.05, 3.63) is 65.4 Å². The zero-order chi connectivity index (χ0) is 21.3. The molecular formula is C21H22N8O. The van der Waals surface area contributed by atoms with Gasteiger partial charge in [0.1, 0.15) is 18.2 Å². The zero-order valence-electron chi connectivity index (χ0n) is 17.3. The smallest absolute Gasteiger partial charge is 0.252 e. The number of hydrogen-bond acceptors (Lipinski definition) is 6. The molecule has 1 N–H and O–H groups in total. The first-order chi connectivity index (χ1) is 14.4. The first kappa shape index (κ1) is 19.4. The van der Waals surface area contributed by atoms with Crippen molar-refractivity contribution in [2.75, 3.05) is 5.32 Å². The lowest BCUT2D eigenvalue weighted by Gasteiger charge is -2.10. The van der Waals surface area contributed by atoms with E-state index in [0.29, 0.717) is 23.4 Å². The van der Waals surface area contributed by atoms with Gasteiger partial charge in [-0.2, -0.15) is 14.9 Å². The molecule has 30 heavy (non-hydrogen) atoms. The van der Waals surface area contributed by atoms with Gasteiger partial charge in [-0.05, 0) is 33.8 Å². The molecule has 0 bridgehead atoms. The Balaban J connectivity index is 1.59. The van der Waals surface area contributed by atoms with Crippen LogP contribution in [0, 0.1) is 27.7 Å². The van der Waals surface area contributed by atoms with E-state index in [2.05, 4.69) is 30.5 Å². The van der Waals surface area contributed by atoms with Crippen LogP contribution in [-0.4, -0.2) is 40.4 Å². The second-order valence-electron chi connectivity index (χ2n) is 7.09. The predicted octanol–water partition coefficient (Wildman–Crippen LogP) is 2.79. The van der Waals surface area contributed by atoms with Gasteiger partial charge in [0.05, 0.1) is 5.69 Å². The van der Waals surface area contributed by atoms with E-state index in [1.165, 1.54) is 4.68 Å². The Morgan fingerprint density at radius 2 is 1.60 bits per heavy atom. The molecule has 9 nitrogen and oxygen atoms in total. The van der Waals surface area contributed by atoms with Crippen LogP contribution in [0.15, 0.2) is 42.5 Å². The van der Waals surface area contributed by atoms with Gasteiger partial charge in [-0.25, -0.2) is 19.6 Å². The molecule has 3 heterocycles. The highest BCUT2D eigenvalue weighted by molar-refractivity contribution is 5.90. The van der Waals surface area contributed by atoms with Crippen LogP contribution in [0.3, 0.4) is 0 Å². The average molecular weight is 402 g/mol. The van der Waals surface area contributed by atoms with Crippen LogP contribution < -0.4 is 5.32 Å². The van der Waals surface area contributed by atoms with Gasteiger partial charge < -0.3 is 5.32 Å². The monoisotopic (exact) mass is 402 g/mol. The Hall–Kier alpha value is -3.88. The molecule has 0 aliphatic rings. The summed E-state index contributed by atoms with van der Waals surface area (Å²) >= 11 is 0. The van der Waals surface area contributed by atoms with Gasteiger partial charge in [0.25, 0.3) is 5.95 Å². The lowest BCUT2D eigenvalue weighted by molar-refractivity contribution is -0.116. The number of nitrogens with one attached hydrogen (secondary N) is 1. The van der Waals surface area contributed by atoms with E-state index in [1.54, 1.807) is 17.7 Å². The van der Waals surface area contributed by atoms with Crippen molar-refractivity contribution in [1.29, 1.82) is 0 Å². The number of carbonyl (C=O) groups excluding carboxylic acids is 1. The van der Waals surface area contributed by atoms with E-state index in [4.69, 9.17) is 0 Å². The molecule has 0 spiro atoms. The van der Waals surface area contributed by atoms with Gasteiger partial charge >= 0.3 is 0 Å². The minimum Gasteiger partial charge on any atom is -0.309 e. The average Bonchev–Trinajstić information content (AvgIpc) is 3.23. The SMILES string of the molecule is Cc1cc(C)nc(-n2nc(C)cc2NC(=O)Cn2nc(C)nc2-c2ccccc2)n1. The number of hydrogen-bond donors (Lipinski definition) is 1. The summed E-state index contributed by atoms with van der Waals surface area (Å²) in [5, 5.41) is 11.7. The highest BCUT2D eigenvalue weighted by Gasteiger charge is 2.17. The van der Waals surface area contributed by atoms with Crippen molar-refractivity contribution in [2.45, 2.75) is 34.2 Å². The van der Waals surface area contributed by atoms with Gasteiger partial charge in [0, 0.05) is 23.0 Å². The summed E-state index contributed by atoms with van der Waals surface area (Å²) in [4.78, 5) is 26.2. The second kappa shape index (κ2) is 7.86. The minimum atomic E-state index is -0.248. The van der Waals surface area contributed by atoms with Crippen LogP contribution in [0.5, 0.6) is 0 Å². The Bertz CT molecular complexity index is 1190. The number of benzene rings is 1. The van der Waals surface area contributed by atoms with Gasteiger partial charge in [-0.3, -0.25) is 4.79 Å². The number of aryl methyl sites for hydroxylation is 4. The van der Waals surface area contributed by atoms with Gasteiger partial charge in [-0.1, -0.05) is 30.3 Å². The predicted molar refractivity (Wildman–Crippen MR) is 112 cm³/mol. The molecule has 1 amide bonds. The van der Waals surface area contributed by atoms with Crippen molar-refractivity contribution in [1.82, 2.24) is 34.5 Å². The lowest BCUT2D eigenvalue weighted by Crippen LogP contribution is -2.22. The van der Waals surface area contributed by atoms with E-state index in [1.807, 2.05) is 57.2 Å². The van der Waals surface area contributed by atoms with Gasteiger partial charge in [0.2, 0.25) is 5.91 Å². The molecule has 1 aromatic carbocycles. The molecule has 0 atom stereocenters. The summed E-state index contributed by atoms with van der Waals surface area (Å²) in [5.74, 6) is 1.91. The van der Waals surface area contributed by atoms with E-state index < -0.39 is 0 Å². The number of aromatic nitrogens is 7. The highest BCUT2D eigenvalue weighted by Crippen LogP contribution is 2.18. The van der Waals surface area contributed by atoms with Crippen LogP contribution in [-0.2, 0) is 11.3 Å². The van der Waals surface area contributed by atoms with Crippen LogP contribution in [0.1, 0.15) is 22.9 Å². The molecule has 4 aromatic rings. The number of carbonyl (C=O) groups is 1. The molecule has 9 heteroatoms. The summed E-state index contributed by atoms with van der Waals surface area (Å²) in [7, 11) is 0. The largest absolute Gasteiger partial charge is 0.309 e. The molecule has 0 unspecified atom stereocenters. The van der Waals surface area contributed by atoms with Crippen LogP contribution in [0.25, 0.3) is 17.3 Å². The Kier molecular flexibility index (Phi) is 5.09. The van der Waals surface area contributed by atoms with Crippen LogP contribution >= 0.6 is 0 Å². The Morgan fingerprint density at radius 3 is 2.30 bits per heavy atom. The van der Waals surface area contributed by atoms with E-state index in [-0.39, 0.29) is 12.5 Å². The second-order valence-corrected chi connectivity index (χ2v) is 7.09. The fourth-order valence-electron chi connectivity index (χ4n) is 3.23. The van der Waals surface area contributed by atoms with Crippen LogP contribution in [0.4, 0.5) is 5.82 Å². The third kappa shape index (κ3) is 4.09. The van der Waals surface area contributed by atoms with Crippen molar-refractivity contribution >= 4 is 11.7 Å². The summed E-state index contributed by atoms with van der Waals surface area (Å²) in [6.45, 7) is 7.46. The number of anilines is 1. The molecule has 0 fully saturated rings. The number of rotatable bonds is 5. The quantitative estimate of drug-likeness (QED) is 0.551. The third-order valence-corrected chi connectivity index (χ3v) is 4.36. The van der Waals surface area contributed by atoms with Gasteiger partial charge in [-0.15, -0.1) is 0 Å². The molecular weight excluding hydrogens is 380 g/mol. The molecule has 152 valence electrons. The molecule has 0 aliphatic carbocycles. The molecule has 4 rings (SSSR count). The summed E-state index contributed by atoms with van der Waals surface area (Å²) < 4.78 is 3.14. The standard InChI is InChI=1S/C21H22N8O/c1-13-10-14(2)23-21(22-13)29-18(11-15(3)26-29)25-19(30)12-28-20(24-16(4)27-28)17-8-6-5-7-9-17/h5-11H,12H2,1-4H3,(H,25,30). The first-order valence-electron chi connectivity index (χ1n) is 9.55. The van der Waals surface area contributed by atoms with Crippen molar-refractivity contribution in [3.63, 3.8) is 0 Å². The maximum absolute atomic E-state index is 12.8. The van der Waals surface area contributed by atoms with Gasteiger partial charge in [0.15, 0.2) is 5.82 Å². The summed E-state index contributed by atoms with van der Waals surface area (Å²) in [5.41, 5.74) is 3.30. The summed E-state index contributed by atoms with van der Waals surface area (Å²) in [6.07, 6.45) is 0. The van der Waals surface area contributed by atoms with E-state index >= 15 is 0 Å². The molecule has 0 aliphatic heterocycles. The van der Waals surface area contributed by atoms with E-state index in [0.717, 1.165) is 22.6 Å². The van der Waals surface area contributed by atoms with Crippen molar-refractivity contribution in [2.24, 2.45) is 0 Å². The maximum Gasteiger partial charge on any atom is 0.252 e. The van der Waals surface area contributed by atoms with Crippen LogP contribution in [0.2, 0.25) is 0 Å². The molecule has 3 aromatic heterocycles. The topological polar surface area (TPSA) is 103 Å². The van der Waals surface area contributed by atoms with Crippen molar-refractivity contribution < 1.29 is 4.79 Å². The third-order valence-electron chi connectivity index (χ3n) is 4.36. The molecule has 0 radical (unpaired) electrons. The minimum absolute atomic E-state index is 0.0169. The molecule has 0 saturated carbocycles. The molecule has 0 saturated heterocycles. The lowest BCUT2D eigenvalue weighted by atomic mass is 10.2. The van der Waals surface area contributed by atoms with E-state index in [9.17, 15) is 4.79 Å². The number of nitrogens with zero attached hydrogens (tertiary/aromatic N) is 7. The summed E-state index contributed by atoms with van der Waals surface area (Å²) in [6, 6.07) is 13.3.